The van der Waals surface area contributed by atoms with Gasteiger partial charge in [0.15, 0.2) is 0 Å². The standard InChI is InChI=1S/C15H26N2O2S/c1-7-17(10-15(5,6)19)12(18)8-11-9-20-13(16-11)14(2,3)4/h9,19H,7-8,10H2,1-6H3. The number of thiazole rings is 1. The van der Waals surface area contributed by atoms with E-state index in [1.165, 1.54) is 0 Å². The van der Waals surface area contributed by atoms with Crippen molar-refractivity contribution in [1.29, 1.82) is 0 Å². The van der Waals surface area contributed by atoms with Crippen LogP contribution in [0.1, 0.15) is 52.2 Å². The molecule has 1 rings (SSSR count). The molecular formula is C15H26N2O2S. The second kappa shape index (κ2) is 6.22. The lowest BCUT2D eigenvalue weighted by atomic mass is 9.98. The van der Waals surface area contributed by atoms with Crippen molar-refractivity contribution in [2.45, 2.75) is 59.0 Å². The number of rotatable bonds is 5. The van der Waals surface area contributed by atoms with E-state index in [2.05, 4.69) is 25.8 Å². The van der Waals surface area contributed by atoms with Gasteiger partial charge in [-0.2, -0.15) is 0 Å². The van der Waals surface area contributed by atoms with Crippen LogP contribution in [-0.4, -0.2) is 39.6 Å². The van der Waals surface area contributed by atoms with E-state index in [9.17, 15) is 9.90 Å². The number of carbonyl (C=O) groups is 1. The van der Waals surface area contributed by atoms with Gasteiger partial charge < -0.3 is 10.0 Å². The van der Waals surface area contributed by atoms with Gasteiger partial charge in [-0.3, -0.25) is 4.79 Å². The number of amides is 1. The molecule has 0 saturated carbocycles. The van der Waals surface area contributed by atoms with Gasteiger partial charge in [0.2, 0.25) is 5.91 Å². The number of aromatic nitrogens is 1. The molecule has 0 unspecified atom stereocenters. The quantitative estimate of drug-likeness (QED) is 0.909. The van der Waals surface area contributed by atoms with Crippen LogP contribution in [-0.2, 0) is 16.6 Å². The second-order valence-electron chi connectivity index (χ2n) is 6.79. The van der Waals surface area contributed by atoms with Crippen LogP contribution < -0.4 is 0 Å². The van der Waals surface area contributed by atoms with Crippen molar-refractivity contribution in [3.05, 3.63) is 16.1 Å². The Bertz CT molecular complexity index is 455. The van der Waals surface area contributed by atoms with Gasteiger partial charge >= 0.3 is 0 Å². The highest BCUT2D eigenvalue weighted by Crippen LogP contribution is 2.25. The molecule has 0 aliphatic heterocycles. The van der Waals surface area contributed by atoms with Gasteiger partial charge in [-0.1, -0.05) is 20.8 Å². The summed E-state index contributed by atoms with van der Waals surface area (Å²) in [5, 5.41) is 12.8. The number of nitrogens with zero attached hydrogens (tertiary/aromatic N) is 2. The van der Waals surface area contributed by atoms with Crippen molar-refractivity contribution < 1.29 is 9.90 Å². The third-order valence-corrected chi connectivity index (χ3v) is 4.15. The minimum absolute atomic E-state index is 0.0142. The number of hydrogen-bond donors (Lipinski definition) is 1. The highest BCUT2D eigenvalue weighted by Gasteiger charge is 2.23. The van der Waals surface area contributed by atoms with Crippen molar-refractivity contribution in [2.75, 3.05) is 13.1 Å². The van der Waals surface area contributed by atoms with Crippen molar-refractivity contribution in [3.63, 3.8) is 0 Å². The zero-order valence-electron chi connectivity index (χ0n) is 13.4. The van der Waals surface area contributed by atoms with Crippen LogP contribution in [0.5, 0.6) is 0 Å². The van der Waals surface area contributed by atoms with Crippen LogP contribution in [0.3, 0.4) is 0 Å². The van der Waals surface area contributed by atoms with E-state index in [1.807, 2.05) is 12.3 Å². The molecule has 0 saturated heterocycles. The highest BCUT2D eigenvalue weighted by atomic mass is 32.1. The SMILES string of the molecule is CCN(CC(C)(C)O)C(=O)Cc1csc(C(C)(C)C)n1. The minimum atomic E-state index is -0.871. The first-order valence-corrected chi connectivity index (χ1v) is 7.86. The van der Waals surface area contributed by atoms with Crippen molar-refractivity contribution in [3.8, 4) is 0 Å². The molecule has 1 heterocycles. The second-order valence-corrected chi connectivity index (χ2v) is 7.65. The first-order valence-electron chi connectivity index (χ1n) is 6.98. The molecular weight excluding hydrogens is 272 g/mol. The van der Waals surface area contributed by atoms with Crippen LogP contribution >= 0.6 is 11.3 Å². The normalized spacial score (nSPS) is 12.6. The molecule has 1 aromatic heterocycles. The molecule has 114 valence electrons. The molecule has 0 aliphatic carbocycles. The van der Waals surface area contributed by atoms with Crippen LogP contribution in [0.4, 0.5) is 0 Å². The summed E-state index contributed by atoms with van der Waals surface area (Å²) < 4.78 is 0. The van der Waals surface area contributed by atoms with Crippen LogP contribution in [0.2, 0.25) is 0 Å². The fraction of sp³-hybridized carbons (Fsp3) is 0.733. The Morgan fingerprint density at radius 3 is 2.35 bits per heavy atom. The lowest BCUT2D eigenvalue weighted by Gasteiger charge is -2.28. The lowest BCUT2D eigenvalue weighted by molar-refractivity contribution is -0.133. The Hall–Kier alpha value is -0.940. The Morgan fingerprint density at radius 1 is 1.35 bits per heavy atom. The molecule has 1 amide bonds. The number of hydrogen-bond acceptors (Lipinski definition) is 4. The monoisotopic (exact) mass is 298 g/mol. The molecule has 4 nitrogen and oxygen atoms in total. The van der Waals surface area contributed by atoms with E-state index in [-0.39, 0.29) is 11.3 Å². The first-order chi connectivity index (χ1) is 9.03. The van der Waals surface area contributed by atoms with Gasteiger partial charge in [-0.25, -0.2) is 4.98 Å². The molecule has 1 N–H and O–H groups in total. The zero-order valence-corrected chi connectivity index (χ0v) is 14.2. The van der Waals surface area contributed by atoms with Gasteiger partial charge in [0.25, 0.3) is 0 Å². The van der Waals surface area contributed by atoms with Gasteiger partial charge in [0.1, 0.15) is 0 Å². The maximum absolute atomic E-state index is 12.3. The molecule has 0 aliphatic rings. The fourth-order valence-electron chi connectivity index (χ4n) is 1.84. The molecule has 0 fully saturated rings. The summed E-state index contributed by atoms with van der Waals surface area (Å²) in [6.45, 7) is 12.6. The minimum Gasteiger partial charge on any atom is -0.389 e. The molecule has 0 aromatic carbocycles. The highest BCUT2D eigenvalue weighted by molar-refractivity contribution is 7.09. The molecule has 0 atom stereocenters. The number of carbonyl (C=O) groups excluding carboxylic acids is 1. The van der Waals surface area contributed by atoms with Crippen LogP contribution in [0.15, 0.2) is 5.38 Å². The van der Waals surface area contributed by atoms with E-state index in [0.29, 0.717) is 19.5 Å². The predicted octanol–water partition coefficient (Wildman–Crippen LogP) is 2.60. The third kappa shape index (κ3) is 5.21. The van der Waals surface area contributed by atoms with Crippen molar-refractivity contribution >= 4 is 17.2 Å². The molecule has 0 bridgehead atoms. The average Bonchev–Trinajstić information content (AvgIpc) is 2.72. The molecule has 20 heavy (non-hydrogen) atoms. The Kier molecular flexibility index (Phi) is 5.33. The molecule has 1 aromatic rings. The summed E-state index contributed by atoms with van der Waals surface area (Å²) in [7, 11) is 0. The summed E-state index contributed by atoms with van der Waals surface area (Å²) in [6.07, 6.45) is 0.302. The van der Waals surface area contributed by atoms with E-state index in [4.69, 9.17) is 0 Å². The van der Waals surface area contributed by atoms with Gasteiger partial charge in [-0.05, 0) is 20.8 Å². The Morgan fingerprint density at radius 2 is 1.95 bits per heavy atom. The lowest BCUT2D eigenvalue weighted by Crippen LogP contribution is -2.42. The summed E-state index contributed by atoms with van der Waals surface area (Å²) >= 11 is 1.60. The van der Waals surface area contributed by atoms with Crippen molar-refractivity contribution in [1.82, 2.24) is 9.88 Å². The smallest absolute Gasteiger partial charge is 0.228 e. The molecule has 5 heteroatoms. The maximum atomic E-state index is 12.3. The van der Waals surface area contributed by atoms with Crippen LogP contribution in [0.25, 0.3) is 0 Å². The van der Waals surface area contributed by atoms with Crippen molar-refractivity contribution in [2.24, 2.45) is 0 Å². The van der Waals surface area contributed by atoms with Gasteiger partial charge in [-0.15, -0.1) is 11.3 Å². The summed E-state index contributed by atoms with van der Waals surface area (Å²) in [6, 6.07) is 0. The summed E-state index contributed by atoms with van der Waals surface area (Å²) in [5.41, 5.74) is -0.0347. The van der Waals surface area contributed by atoms with E-state index >= 15 is 0 Å². The summed E-state index contributed by atoms with van der Waals surface area (Å²) in [4.78, 5) is 18.5. The topological polar surface area (TPSA) is 53.4 Å². The third-order valence-electron chi connectivity index (χ3n) is 2.84. The van der Waals surface area contributed by atoms with Gasteiger partial charge in [0.05, 0.1) is 22.7 Å². The maximum Gasteiger partial charge on any atom is 0.228 e. The average molecular weight is 298 g/mol. The number of aliphatic hydroxyl groups is 1. The first kappa shape index (κ1) is 17.1. The number of likely N-dealkylation sites (N-methyl/N-ethyl adjacent to an activating group) is 1. The van der Waals surface area contributed by atoms with E-state index in [1.54, 1.807) is 30.1 Å². The predicted molar refractivity (Wildman–Crippen MR) is 83.1 cm³/mol. The zero-order chi connectivity index (χ0) is 15.6. The van der Waals surface area contributed by atoms with Crippen LogP contribution in [0, 0.1) is 0 Å². The van der Waals surface area contributed by atoms with E-state index in [0.717, 1.165) is 10.7 Å². The largest absolute Gasteiger partial charge is 0.389 e. The molecule has 0 radical (unpaired) electrons. The Labute approximate surface area is 125 Å². The van der Waals surface area contributed by atoms with Gasteiger partial charge in [0, 0.05) is 23.9 Å². The Balaban J connectivity index is 2.72. The molecule has 0 spiro atoms. The fourth-order valence-corrected chi connectivity index (χ4v) is 2.75. The van der Waals surface area contributed by atoms with E-state index < -0.39 is 5.60 Å². The summed E-state index contributed by atoms with van der Waals surface area (Å²) in [5.74, 6) is 0.0142.